The van der Waals surface area contributed by atoms with Crippen LogP contribution in [0.25, 0.3) is 0 Å². The van der Waals surface area contributed by atoms with Gasteiger partial charge in [-0.1, -0.05) is 59.6 Å². The summed E-state index contributed by atoms with van der Waals surface area (Å²) >= 11 is 11.8. The number of rotatable bonds is 15. The van der Waals surface area contributed by atoms with Crippen LogP contribution in [-0.2, 0) is 30.8 Å². The Bertz CT molecular complexity index is 3250. The minimum Gasteiger partial charge on any atom is -0.456 e. The van der Waals surface area contributed by atoms with Gasteiger partial charge in [0.15, 0.2) is 0 Å². The second-order valence-electron chi connectivity index (χ2n) is 15.6. The van der Waals surface area contributed by atoms with Gasteiger partial charge >= 0.3 is 0 Å². The first-order valence-electron chi connectivity index (χ1n) is 21.7. The van der Waals surface area contributed by atoms with E-state index >= 15 is 0 Å². The molecule has 9 aromatic rings. The van der Waals surface area contributed by atoms with Crippen molar-refractivity contribution in [2.45, 2.75) is 39.4 Å². The number of ether oxygens (including phenoxy) is 3. The molecule has 0 spiro atoms. The van der Waals surface area contributed by atoms with Crippen molar-refractivity contribution < 1.29 is 19.0 Å². The number of nitrogens with zero attached hydrogens (tertiary/aromatic N) is 9. The monoisotopic (exact) mass is 963 g/mol. The van der Waals surface area contributed by atoms with Gasteiger partial charge in [0.25, 0.3) is 0 Å². The zero-order valence-corrected chi connectivity index (χ0v) is 39.3. The number of carbonyl (C=O) groups excluding carboxylic acids is 1. The summed E-state index contributed by atoms with van der Waals surface area (Å²) in [7, 11) is 0. The third-order valence-electron chi connectivity index (χ3n) is 10.3. The number of hydrogen-bond acceptors (Lipinski definition) is 10. The molecule has 3 heterocycles. The van der Waals surface area contributed by atoms with Crippen LogP contribution in [0.15, 0.2) is 184 Å². The highest BCUT2D eigenvalue weighted by Gasteiger charge is 2.11. The molecule has 15 heteroatoms. The second-order valence-corrected chi connectivity index (χ2v) is 16.5. The van der Waals surface area contributed by atoms with Gasteiger partial charge in [-0.3, -0.25) is 0 Å². The molecule has 0 N–H and O–H groups in total. The summed E-state index contributed by atoms with van der Waals surface area (Å²) in [6.45, 7) is 3.58. The first-order chi connectivity index (χ1) is 34.1. The van der Waals surface area contributed by atoms with E-state index in [1.165, 1.54) is 0 Å². The van der Waals surface area contributed by atoms with Gasteiger partial charge in [-0.15, -0.1) is 0 Å². The maximum absolute atomic E-state index is 11.1. The highest BCUT2D eigenvalue weighted by molar-refractivity contribution is 6.30. The summed E-state index contributed by atoms with van der Waals surface area (Å²) in [6, 6.07) is 44.8. The van der Waals surface area contributed by atoms with Gasteiger partial charge in [0.05, 0.1) is 35.7 Å². The van der Waals surface area contributed by atoms with Crippen LogP contribution < -0.4 is 14.2 Å². The number of aryl methyl sites for hydroxylation is 1. The Morgan fingerprint density at radius 2 is 0.957 bits per heavy atom. The standard InChI is InChI=1S/C21H19N3O2.2C17H12ClN3O/c1-16(25)2-3-17-5-8-20(9-6-17)26-21-12-18(4-7-19(21)13-22)14-24-11-10-23-15-24;18-15-3-5-16(6-4-15)22-17-9-13(1-2-14(17)10-19)11-21-8-7-20-12-21;18-15-2-1-3-16(9-15)22-17-5-4-13(8-14(17)10-19)11-21-7-6-20-12-21/h4-12,15H,2-3,14H2,1H3;2*1-9,12H,11H2. The lowest BCUT2D eigenvalue weighted by molar-refractivity contribution is -0.116. The molecule has 346 valence electrons. The first-order valence-corrected chi connectivity index (χ1v) is 22.5. The Morgan fingerprint density at radius 1 is 0.500 bits per heavy atom. The molecule has 3 aromatic heterocycles. The molecule has 0 saturated heterocycles. The maximum atomic E-state index is 11.1. The minimum atomic E-state index is 0.179. The number of aromatic nitrogens is 6. The fourth-order valence-corrected chi connectivity index (χ4v) is 7.07. The van der Waals surface area contributed by atoms with Crippen LogP contribution in [0.2, 0.25) is 10.0 Å². The molecule has 6 aromatic carbocycles. The third-order valence-corrected chi connectivity index (χ3v) is 10.7. The van der Waals surface area contributed by atoms with Crippen LogP contribution in [-0.4, -0.2) is 34.4 Å². The fraction of sp³-hybridized carbons (Fsp3) is 0.109. The maximum Gasteiger partial charge on any atom is 0.145 e. The molecular formula is C55H43Cl2N9O4. The lowest BCUT2D eigenvalue weighted by atomic mass is 10.1. The summed E-state index contributed by atoms with van der Waals surface area (Å²) in [4.78, 5) is 23.1. The van der Waals surface area contributed by atoms with Gasteiger partial charge in [0.1, 0.15) is 58.5 Å². The van der Waals surface area contributed by atoms with E-state index in [0.717, 1.165) is 28.7 Å². The molecule has 0 aliphatic carbocycles. The number of imidazole rings is 3. The number of halogens is 2. The fourth-order valence-electron chi connectivity index (χ4n) is 6.77. The number of Topliss-reactive ketones (excluding diaryl/α,β-unsaturated/α-hetero) is 1. The molecule has 0 unspecified atom stereocenters. The van der Waals surface area contributed by atoms with E-state index in [4.69, 9.17) is 37.4 Å². The van der Waals surface area contributed by atoms with Crippen LogP contribution in [0.3, 0.4) is 0 Å². The number of carbonyl (C=O) groups is 1. The van der Waals surface area contributed by atoms with Crippen LogP contribution in [0, 0.1) is 34.0 Å². The van der Waals surface area contributed by atoms with Crippen molar-refractivity contribution >= 4 is 29.0 Å². The van der Waals surface area contributed by atoms with Gasteiger partial charge in [0.2, 0.25) is 0 Å². The highest BCUT2D eigenvalue weighted by atomic mass is 35.5. The average Bonchev–Trinajstić information content (AvgIpc) is 4.20. The minimum absolute atomic E-state index is 0.179. The van der Waals surface area contributed by atoms with Crippen LogP contribution in [0.4, 0.5) is 0 Å². The van der Waals surface area contributed by atoms with Gasteiger partial charge < -0.3 is 32.7 Å². The van der Waals surface area contributed by atoms with E-state index in [9.17, 15) is 20.6 Å². The van der Waals surface area contributed by atoms with Gasteiger partial charge in [-0.2, -0.15) is 15.8 Å². The molecule has 70 heavy (non-hydrogen) atoms. The second kappa shape index (κ2) is 24.7. The van der Waals surface area contributed by atoms with Gasteiger partial charge in [0, 0.05) is 73.3 Å². The Balaban J connectivity index is 0.000000155. The number of hydrogen-bond donors (Lipinski definition) is 0. The van der Waals surface area contributed by atoms with Crippen LogP contribution in [0.5, 0.6) is 34.5 Å². The van der Waals surface area contributed by atoms with E-state index in [1.54, 1.807) is 111 Å². The summed E-state index contributed by atoms with van der Waals surface area (Å²) in [5.41, 5.74) is 5.60. The molecule has 0 aliphatic heterocycles. The van der Waals surface area contributed by atoms with Crippen molar-refractivity contribution in [1.82, 2.24) is 28.7 Å². The van der Waals surface area contributed by atoms with Crippen LogP contribution >= 0.6 is 23.2 Å². The molecule has 0 bridgehead atoms. The normalized spacial score (nSPS) is 10.2. The molecular weight excluding hydrogens is 922 g/mol. The molecule has 0 atom stereocenters. The van der Waals surface area contributed by atoms with E-state index in [2.05, 4.69) is 33.2 Å². The van der Waals surface area contributed by atoms with Crippen molar-refractivity contribution in [2.24, 2.45) is 0 Å². The number of ketones is 1. The zero-order valence-electron chi connectivity index (χ0n) is 37.8. The average molecular weight is 965 g/mol. The molecule has 0 saturated carbocycles. The SMILES string of the molecule is CC(=O)CCc1ccc(Oc2cc(Cn3ccnc3)ccc2C#N)cc1.N#Cc1cc(Cn2ccnc2)ccc1Oc1cccc(Cl)c1.N#Cc1ccc(Cn2ccnc2)cc1Oc1ccc(Cl)cc1. The van der Waals surface area contributed by atoms with Crippen molar-refractivity contribution in [2.75, 3.05) is 0 Å². The number of nitriles is 3. The summed E-state index contributed by atoms with van der Waals surface area (Å²) in [5, 5.41) is 29.1. The summed E-state index contributed by atoms with van der Waals surface area (Å²) in [6.07, 6.45) is 17.3. The smallest absolute Gasteiger partial charge is 0.145 e. The molecule has 0 amide bonds. The lowest BCUT2D eigenvalue weighted by Gasteiger charge is -2.11. The molecule has 0 aliphatic rings. The highest BCUT2D eigenvalue weighted by Crippen LogP contribution is 2.30. The van der Waals surface area contributed by atoms with E-state index < -0.39 is 0 Å². The van der Waals surface area contributed by atoms with Crippen molar-refractivity contribution in [3.05, 3.63) is 233 Å². The Labute approximate surface area is 415 Å². The predicted molar refractivity (Wildman–Crippen MR) is 266 cm³/mol. The zero-order chi connectivity index (χ0) is 49.1. The number of benzene rings is 6. The van der Waals surface area contributed by atoms with Crippen molar-refractivity contribution in [1.29, 1.82) is 15.8 Å². The summed E-state index contributed by atoms with van der Waals surface area (Å²) < 4.78 is 23.3. The lowest BCUT2D eigenvalue weighted by Crippen LogP contribution is -1.98. The molecule has 0 fully saturated rings. The van der Waals surface area contributed by atoms with Crippen molar-refractivity contribution in [3.63, 3.8) is 0 Å². The predicted octanol–water partition coefficient (Wildman–Crippen LogP) is 12.6. The Kier molecular flexibility index (Phi) is 17.3. The molecule has 9 rings (SSSR count). The quantitative estimate of drug-likeness (QED) is 0.0963. The van der Waals surface area contributed by atoms with E-state index in [-0.39, 0.29) is 5.78 Å². The topological polar surface area (TPSA) is 170 Å². The van der Waals surface area contributed by atoms with Gasteiger partial charge in [-0.05, 0) is 127 Å². The largest absolute Gasteiger partial charge is 0.456 e. The van der Waals surface area contributed by atoms with Crippen LogP contribution in [0.1, 0.15) is 52.3 Å². The molecule has 13 nitrogen and oxygen atoms in total. The first kappa shape index (κ1) is 49.0. The van der Waals surface area contributed by atoms with Crippen molar-refractivity contribution in [3.8, 4) is 52.7 Å². The van der Waals surface area contributed by atoms with Gasteiger partial charge in [-0.25, -0.2) is 15.0 Å². The Morgan fingerprint density at radius 3 is 1.41 bits per heavy atom. The molecule has 0 radical (unpaired) electrons. The van der Waals surface area contributed by atoms with E-state index in [0.29, 0.717) is 87.3 Å². The third kappa shape index (κ3) is 14.8. The van der Waals surface area contributed by atoms with E-state index in [1.807, 2.05) is 93.0 Å². The Hall–Kier alpha value is -8.93. The summed E-state index contributed by atoms with van der Waals surface area (Å²) in [5.74, 6) is 3.65.